The molecular formula is C15H16O4. The van der Waals surface area contributed by atoms with Crippen molar-refractivity contribution in [1.29, 1.82) is 0 Å². The van der Waals surface area contributed by atoms with Gasteiger partial charge in [0.1, 0.15) is 12.4 Å². The van der Waals surface area contributed by atoms with Crippen LogP contribution in [0.2, 0.25) is 0 Å². The maximum Gasteiger partial charge on any atom is 0.306 e. The van der Waals surface area contributed by atoms with Gasteiger partial charge in [-0.15, -0.1) is 0 Å². The number of rotatable bonds is 4. The van der Waals surface area contributed by atoms with Crippen molar-refractivity contribution in [2.45, 2.75) is 31.7 Å². The smallest absolute Gasteiger partial charge is 0.306 e. The Morgan fingerprint density at radius 2 is 2.11 bits per heavy atom. The Morgan fingerprint density at radius 1 is 1.32 bits per heavy atom. The lowest BCUT2D eigenvalue weighted by Gasteiger charge is -2.17. The van der Waals surface area contributed by atoms with E-state index in [2.05, 4.69) is 0 Å². The van der Waals surface area contributed by atoms with E-state index in [0.29, 0.717) is 19.4 Å². The lowest BCUT2D eigenvalue weighted by Crippen LogP contribution is -2.24. The molecule has 100 valence electrons. The van der Waals surface area contributed by atoms with Crippen LogP contribution in [0.5, 0.6) is 0 Å². The Balaban J connectivity index is 1.63. The lowest BCUT2D eigenvalue weighted by molar-refractivity contribution is -0.142. The third-order valence-corrected chi connectivity index (χ3v) is 4.02. The van der Waals surface area contributed by atoms with E-state index in [1.807, 2.05) is 30.3 Å². The molecule has 19 heavy (non-hydrogen) atoms. The summed E-state index contributed by atoms with van der Waals surface area (Å²) in [5, 5.41) is 0. The maximum atomic E-state index is 11.2. The van der Waals surface area contributed by atoms with E-state index in [-0.39, 0.29) is 30.0 Å². The number of hydrogen-bond donors (Lipinski definition) is 0. The molecule has 0 amide bonds. The minimum absolute atomic E-state index is 0.00535. The third kappa shape index (κ3) is 2.40. The highest BCUT2D eigenvalue weighted by Gasteiger charge is 2.50. The molecule has 0 spiro atoms. The highest BCUT2D eigenvalue weighted by atomic mass is 16.6. The van der Waals surface area contributed by atoms with Gasteiger partial charge in [-0.3, -0.25) is 4.79 Å². The zero-order valence-corrected chi connectivity index (χ0v) is 10.5. The van der Waals surface area contributed by atoms with E-state index in [1.54, 1.807) is 0 Å². The summed E-state index contributed by atoms with van der Waals surface area (Å²) < 4.78 is 11.1. The van der Waals surface area contributed by atoms with E-state index in [1.165, 1.54) is 0 Å². The monoisotopic (exact) mass is 260 g/mol. The summed E-state index contributed by atoms with van der Waals surface area (Å²) in [5.74, 6) is -0.408. The molecule has 1 saturated heterocycles. The third-order valence-electron chi connectivity index (χ3n) is 4.02. The number of benzene rings is 1. The Morgan fingerprint density at radius 3 is 2.84 bits per heavy atom. The summed E-state index contributed by atoms with van der Waals surface area (Å²) in [6.07, 6.45) is 1.62. The molecule has 1 aromatic rings. The predicted octanol–water partition coefficient (Wildman–Crippen LogP) is 1.72. The normalized spacial score (nSPS) is 32.9. The van der Waals surface area contributed by atoms with Gasteiger partial charge in [0.2, 0.25) is 0 Å². The summed E-state index contributed by atoms with van der Waals surface area (Å²) in [7, 11) is 0. The Bertz CT molecular complexity index is 470. The van der Waals surface area contributed by atoms with Crippen molar-refractivity contribution in [1.82, 2.24) is 0 Å². The van der Waals surface area contributed by atoms with Crippen LogP contribution in [0.1, 0.15) is 18.4 Å². The number of hydrogen-bond acceptors (Lipinski definition) is 4. The lowest BCUT2D eigenvalue weighted by atomic mass is 9.93. The predicted molar refractivity (Wildman–Crippen MR) is 67.2 cm³/mol. The molecule has 1 aliphatic carbocycles. The van der Waals surface area contributed by atoms with Gasteiger partial charge in [-0.1, -0.05) is 30.3 Å². The molecule has 1 saturated carbocycles. The fraction of sp³-hybridized carbons (Fsp3) is 0.467. The van der Waals surface area contributed by atoms with Crippen molar-refractivity contribution in [2.75, 3.05) is 0 Å². The first-order valence-corrected chi connectivity index (χ1v) is 6.58. The molecule has 1 heterocycles. The number of esters is 1. The van der Waals surface area contributed by atoms with Gasteiger partial charge in [0, 0.05) is 18.3 Å². The van der Waals surface area contributed by atoms with Gasteiger partial charge in [0.25, 0.3) is 0 Å². The highest BCUT2D eigenvalue weighted by molar-refractivity contribution is 5.74. The zero-order valence-electron chi connectivity index (χ0n) is 10.5. The topological polar surface area (TPSA) is 52.6 Å². The van der Waals surface area contributed by atoms with Crippen molar-refractivity contribution in [3.8, 4) is 0 Å². The summed E-state index contributed by atoms with van der Waals surface area (Å²) >= 11 is 0. The molecule has 2 aliphatic rings. The molecule has 4 heteroatoms. The fourth-order valence-corrected chi connectivity index (χ4v) is 3.04. The van der Waals surface area contributed by atoms with Crippen LogP contribution in [0.4, 0.5) is 0 Å². The molecule has 0 aromatic heterocycles. The Kier molecular flexibility index (Phi) is 3.34. The van der Waals surface area contributed by atoms with E-state index < -0.39 is 0 Å². The number of ether oxygens (including phenoxy) is 2. The second-order valence-corrected chi connectivity index (χ2v) is 5.18. The molecular weight excluding hydrogens is 244 g/mol. The maximum absolute atomic E-state index is 11.2. The first kappa shape index (κ1) is 12.4. The summed E-state index contributed by atoms with van der Waals surface area (Å²) in [6.45, 7) is 0.489. The van der Waals surface area contributed by atoms with Gasteiger partial charge in [0.05, 0.1) is 19.1 Å². The number of fused-ring (bicyclic) bond motifs is 1. The number of carbonyl (C=O) groups is 2. The van der Waals surface area contributed by atoms with Crippen molar-refractivity contribution in [2.24, 2.45) is 11.8 Å². The Labute approximate surface area is 111 Å². The first-order chi connectivity index (χ1) is 9.28. The summed E-state index contributed by atoms with van der Waals surface area (Å²) in [4.78, 5) is 22.5. The van der Waals surface area contributed by atoms with Crippen LogP contribution < -0.4 is 0 Å². The van der Waals surface area contributed by atoms with Gasteiger partial charge in [-0.2, -0.15) is 0 Å². The minimum atomic E-state index is -0.222. The van der Waals surface area contributed by atoms with Crippen molar-refractivity contribution < 1.29 is 19.1 Å². The molecule has 0 radical (unpaired) electrons. The highest BCUT2D eigenvalue weighted by Crippen LogP contribution is 2.41. The standard InChI is InChI=1S/C15H16O4/c16-8-12-11-6-15(17)19-14(11)7-13(12)18-9-10-4-2-1-3-5-10/h1-5,8,11-14H,6-7,9H2/t11-,12-,13-,14+/m1/s1. The molecule has 1 aromatic carbocycles. The van der Waals surface area contributed by atoms with Crippen molar-refractivity contribution in [3.05, 3.63) is 35.9 Å². The summed E-state index contributed by atoms with van der Waals surface area (Å²) in [6, 6.07) is 9.86. The van der Waals surface area contributed by atoms with Crippen LogP contribution in [0, 0.1) is 11.8 Å². The van der Waals surface area contributed by atoms with E-state index in [9.17, 15) is 9.59 Å². The van der Waals surface area contributed by atoms with Crippen molar-refractivity contribution >= 4 is 12.3 Å². The van der Waals surface area contributed by atoms with Crippen molar-refractivity contribution in [3.63, 3.8) is 0 Å². The van der Waals surface area contributed by atoms with Gasteiger partial charge < -0.3 is 14.3 Å². The number of aldehydes is 1. The molecule has 0 unspecified atom stereocenters. The first-order valence-electron chi connectivity index (χ1n) is 6.58. The summed E-state index contributed by atoms with van der Waals surface area (Å²) in [5.41, 5.74) is 1.08. The van der Waals surface area contributed by atoms with Crippen LogP contribution in [0.25, 0.3) is 0 Å². The Hall–Kier alpha value is -1.68. The van der Waals surface area contributed by atoms with Crippen LogP contribution >= 0.6 is 0 Å². The minimum Gasteiger partial charge on any atom is -0.462 e. The SMILES string of the molecule is O=C[C@@H]1[C@H]2CC(=O)O[C@H]2C[C@H]1OCc1ccccc1. The van der Waals surface area contributed by atoms with Crippen LogP contribution in [0.3, 0.4) is 0 Å². The van der Waals surface area contributed by atoms with Crippen LogP contribution in [-0.2, 0) is 25.7 Å². The van der Waals surface area contributed by atoms with Gasteiger partial charge in [-0.05, 0) is 5.56 Å². The van der Waals surface area contributed by atoms with E-state index >= 15 is 0 Å². The second-order valence-electron chi connectivity index (χ2n) is 5.18. The van der Waals surface area contributed by atoms with Gasteiger partial charge in [-0.25, -0.2) is 0 Å². The molecule has 2 fully saturated rings. The molecule has 0 N–H and O–H groups in total. The van der Waals surface area contributed by atoms with Crippen LogP contribution in [-0.4, -0.2) is 24.5 Å². The molecule has 0 bridgehead atoms. The van der Waals surface area contributed by atoms with Crippen LogP contribution in [0.15, 0.2) is 30.3 Å². The number of carbonyl (C=O) groups excluding carboxylic acids is 2. The van der Waals surface area contributed by atoms with E-state index in [0.717, 1.165) is 11.8 Å². The molecule has 4 nitrogen and oxygen atoms in total. The van der Waals surface area contributed by atoms with Gasteiger partial charge >= 0.3 is 5.97 Å². The molecule has 1 aliphatic heterocycles. The largest absolute Gasteiger partial charge is 0.462 e. The van der Waals surface area contributed by atoms with E-state index in [4.69, 9.17) is 9.47 Å². The second kappa shape index (κ2) is 5.13. The average Bonchev–Trinajstić information content (AvgIpc) is 2.92. The quantitative estimate of drug-likeness (QED) is 0.611. The van der Waals surface area contributed by atoms with Gasteiger partial charge in [0.15, 0.2) is 0 Å². The fourth-order valence-electron chi connectivity index (χ4n) is 3.04. The molecule has 3 rings (SSSR count). The average molecular weight is 260 g/mol. The zero-order chi connectivity index (χ0) is 13.2. The molecule has 4 atom stereocenters.